The number of carboxylic acids is 1. The van der Waals surface area contributed by atoms with Crippen LogP contribution in [-0.4, -0.2) is 27.1 Å². The highest BCUT2D eigenvalue weighted by atomic mass is 16.4. The van der Waals surface area contributed by atoms with Crippen LogP contribution in [0.1, 0.15) is 11.3 Å². The molecule has 25 heavy (non-hydrogen) atoms. The van der Waals surface area contributed by atoms with Crippen molar-refractivity contribution in [3.63, 3.8) is 0 Å². The van der Waals surface area contributed by atoms with E-state index >= 15 is 0 Å². The number of carbonyl (C=O) groups is 1. The maximum absolute atomic E-state index is 11.7. The predicted molar refractivity (Wildman–Crippen MR) is 98.6 cm³/mol. The van der Waals surface area contributed by atoms with Crippen molar-refractivity contribution >= 4 is 27.8 Å². The maximum atomic E-state index is 11.7. The first kappa shape index (κ1) is 15.5. The maximum Gasteiger partial charge on any atom is 0.321 e. The molecule has 2 aromatic heterocycles. The fourth-order valence-electron chi connectivity index (χ4n) is 3.22. The van der Waals surface area contributed by atoms with Gasteiger partial charge in [-0.1, -0.05) is 36.4 Å². The number of benzene rings is 2. The van der Waals surface area contributed by atoms with Crippen molar-refractivity contribution < 1.29 is 9.90 Å². The Morgan fingerprint density at radius 3 is 2.64 bits per heavy atom. The summed E-state index contributed by atoms with van der Waals surface area (Å²) < 4.78 is 0. The summed E-state index contributed by atoms with van der Waals surface area (Å²) in [5, 5.41) is 14.9. The van der Waals surface area contributed by atoms with Gasteiger partial charge in [-0.2, -0.15) is 0 Å². The fourth-order valence-corrected chi connectivity index (χ4v) is 3.22. The van der Waals surface area contributed by atoms with Crippen LogP contribution in [0.3, 0.4) is 0 Å². The average Bonchev–Trinajstić information content (AvgIpc) is 3.21. The predicted octanol–water partition coefficient (Wildman–Crippen LogP) is 3.43. The van der Waals surface area contributed by atoms with E-state index in [1.54, 1.807) is 0 Å². The number of carboxylic acid groups (broad SMARTS) is 1. The van der Waals surface area contributed by atoms with E-state index in [-0.39, 0.29) is 0 Å². The summed E-state index contributed by atoms with van der Waals surface area (Å²) in [6, 6.07) is 17.3. The molecule has 0 saturated carbocycles. The second kappa shape index (κ2) is 6.45. The number of rotatable bonds is 6. The highest BCUT2D eigenvalue weighted by Gasteiger charge is 2.19. The molecule has 0 amide bonds. The Bertz CT molecular complexity index is 998. The number of aliphatic carboxylic acids is 1. The monoisotopic (exact) mass is 333 g/mol. The van der Waals surface area contributed by atoms with Crippen LogP contribution < -0.4 is 5.32 Å². The Balaban J connectivity index is 1.50. The van der Waals surface area contributed by atoms with Crippen molar-refractivity contribution in [3.05, 3.63) is 72.1 Å². The van der Waals surface area contributed by atoms with E-state index in [1.165, 1.54) is 0 Å². The Morgan fingerprint density at radius 1 is 1.08 bits per heavy atom. The van der Waals surface area contributed by atoms with Gasteiger partial charge in [-0.3, -0.25) is 10.1 Å². The minimum absolute atomic E-state index is 0.409. The summed E-state index contributed by atoms with van der Waals surface area (Å²) in [6.07, 6.45) is 2.34. The number of nitrogens with one attached hydrogen (secondary N) is 3. The summed E-state index contributed by atoms with van der Waals surface area (Å²) in [4.78, 5) is 18.2. The Hall–Kier alpha value is -3.05. The second-order valence-electron chi connectivity index (χ2n) is 6.22. The molecule has 0 aliphatic heterocycles. The Kier molecular flexibility index (Phi) is 3.99. The van der Waals surface area contributed by atoms with E-state index in [1.807, 2.05) is 60.8 Å². The van der Waals surface area contributed by atoms with Gasteiger partial charge in [-0.05, 0) is 29.1 Å². The smallest absolute Gasteiger partial charge is 0.321 e. The fraction of sp³-hybridized carbons (Fsp3) is 0.150. The van der Waals surface area contributed by atoms with Gasteiger partial charge in [0.15, 0.2) is 0 Å². The number of para-hydroxylation sites is 2. The molecular formula is C20H19N3O2. The van der Waals surface area contributed by atoms with E-state index in [4.69, 9.17) is 0 Å². The summed E-state index contributed by atoms with van der Waals surface area (Å²) in [5.74, 6) is -0.849. The normalized spacial score (nSPS) is 12.6. The largest absolute Gasteiger partial charge is 0.480 e. The minimum atomic E-state index is -0.849. The van der Waals surface area contributed by atoms with E-state index in [0.29, 0.717) is 13.0 Å². The van der Waals surface area contributed by atoms with Gasteiger partial charge in [0.2, 0.25) is 0 Å². The SMILES string of the molecule is O=C(O)C(Cc1cc2ccccc2[nH]1)NCc1c[nH]c2ccccc12. The first-order chi connectivity index (χ1) is 12.2. The zero-order valence-corrected chi connectivity index (χ0v) is 13.6. The van der Waals surface area contributed by atoms with E-state index in [2.05, 4.69) is 15.3 Å². The molecule has 5 heteroatoms. The lowest BCUT2D eigenvalue weighted by molar-refractivity contribution is -0.139. The molecule has 4 N–H and O–H groups in total. The van der Waals surface area contributed by atoms with Crippen molar-refractivity contribution in [1.82, 2.24) is 15.3 Å². The number of hydrogen-bond donors (Lipinski definition) is 4. The number of aromatic amines is 2. The number of hydrogen-bond acceptors (Lipinski definition) is 2. The zero-order chi connectivity index (χ0) is 17.2. The first-order valence-corrected chi connectivity index (χ1v) is 8.28. The summed E-state index contributed by atoms with van der Waals surface area (Å²) in [7, 11) is 0. The Morgan fingerprint density at radius 2 is 1.84 bits per heavy atom. The number of fused-ring (bicyclic) bond motifs is 2. The third-order valence-electron chi connectivity index (χ3n) is 4.52. The molecule has 2 heterocycles. The van der Waals surface area contributed by atoms with E-state index in [9.17, 15) is 9.90 Å². The molecule has 0 bridgehead atoms. The molecule has 0 saturated heterocycles. The van der Waals surface area contributed by atoms with Crippen molar-refractivity contribution in [1.29, 1.82) is 0 Å². The lowest BCUT2D eigenvalue weighted by Crippen LogP contribution is -2.38. The van der Waals surface area contributed by atoms with Crippen molar-refractivity contribution in [2.24, 2.45) is 0 Å². The molecule has 4 aromatic rings. The topological polar surface area (TPSA) is 80.9 Å². The molecular weight excluding hydrogens is 314 g/mol. The molecule has 0 fully saturated rings. The molecule has 0 aliphatic rings. The molecule has 0 aliphatic carbocycles. The first-order valence-electron chi connectivity index (χ1n) is 8.28. The summed E-state index contributed by atoms with van der Waals surface area (Å²) >= 11 is 0. The van der Waals surface area contributed by atoms with Gasteiger partial charge in [-0.15, -0.1) is 0 Å². The molecule has 4 rings (SSSR count). The van der Waals surface area contributed by atoms with E-state index < -0.39 is 12.0 Å². The van der Waals surface area contributed by atoms with E-state index in [0.717, 1.165) is 33.1 Å². The van der Waals surface area contributed by atoms with Crippen molar-refractivity contribution in [2.45, 2.75) is 19.0 Å². The zero-order valence-electron chi connectivity index (χ0n) is 13.6. The van der Waals surface area contributed by atoms with Crippen molar-refractivity contribution in [2.75, 3.05) is 0 Å². The third kappa shape index (κ3) is 3.14. The number of H-pyrrole nitrogens is 2. The molecule has 0 radical (unpaired) electrons. The van der Waals surface area contributed by atoms with Crippen LogP contribution in [0, 0.1) is 0 Å². The molecule has 2 aromatic carbocycles. The van der Waals surface area contributed by atoms with Crippen LogP contribution in [0.4, 0.5) is 0 Å². The lowest BCUT2D eigenvalue weighted by Gasteiger charge is -2.13. The van der Waals surface area contributed by atoms with Crippen LogP contribution in [0.2, 0.25) is 0 Å². The van der Waals surface area contributed by atoms with Gasteiger partial charge in [0.05, 0.1) is 0 Å². The van der Waals surface area contributed by atoms with Gasteiger partial charge >= 0.3 is 5.97 Å². The second-order valence-corrected chi connectivity index (χ2v) is 6.22. The van der Waals surface area contributed by atoms with Crippen LogP contribution in [0.25, 0.3) is 21.8 Å². The van der Waals surface area contributed by atoms with Crippen LogP contribution in [-0.2, 0) is 17.8 Å². The van der Waals surface area contributed by atoms with Crippen LogP contribution in [0.5, 0.6) is 0 Å². The van der Waals surface area contributed by atoms with Gasteiger partial charge in [0, 0.05) is 41.3 Å². The standard InChI is InChI=1S/C20H19N3O2/c24-20(25)19(10-15-9-13-5-1-3-7-17(13)23-15)22-12-14-11-21-18-8-4-2-6-16(14)18/h1-9,11,19,21-23H,10,12H2,(H,24,25). The minimum Gasteiger partial charge on any atom is -0.480 e. The molecule has 1 atom stereocenters. The summed E-state index contributed by atoms with van der Waals surface area (Å²) in [6.45, 7) is 0.501. The summed E-state index contributed by atoms with van der Waals surface area (Å²) in [5.41, 5.74) is 4.07. The average molecular weight is 333 g/mol. The van der Waals surface area contributed by atoms with Crippen LogP contribution >= 0.6 is 0 Å². The van der Waals surface area contributed by atoms with Gasteiger partial charge < -0.3 is 15.1 Å². The van der Waals surface area contributed by atoms with Crippen LogP contribution in [0.15, 0.2) is 60.8 Å². The Labute approximate surface area is 144 Å². The molecule has 0 spiro atoms. The highest BCUT2D eigenvalue weighted by Crippen LogP contribution is 2.18. The lowest BCUT2D eigenvalue weighted by atomic mass is 10.1. The van der Waals surface area contributed by atoms with Gasteiger partial charge in [-0.25, -0.2) is 0 Å². The third-order valence-corrected chi connectivity index (χ3v) is 4.52. The molecule has 1 unspecified atom stereocenters. The molecule has 126 valence electrons. The quantitative estimate of drug-likeness (QED) is 0.436. The van der Waals surface area contributed by atoms with Gasteiger partial charge in [0.1, 0.15) is 6.04 Å². The van der Waals surface area contributed by atoms with Gasteiger partial charge in [0.25, 0.3) is 0 Å². The highest BCUT2D eigenvalue weighted by molar-refractivity contribution is 5.83. The molecule has 5 nitrogen and oxygen atoms in total. The van der Waals surface area contributed by atoms with Crippen molar-refractivity contribution in [3.8, 4) is 0 Å². The number of aromatic nitrogens is 2.